The van der Waals surface area contributed by atoms with Gasteiger partial charge in [-0.25, -0.2) is 9.67 Å². The first-order chi connectivity index (χ1) is 19.9. The van der Waals surface area contributed by atoms with E-state index in [1.54, 1.807) is 49.1 Å². The topological polar surface area (TPSA) is 137 Å². The molecule has 5 aromatic rings. The number of halogens is 1. The lowest BCUT2D eigenvalue weighted by molar-refractivity contribution is -0.122. The van der Waals surface area contributed by atoms with Gasteiger partial charge in [-0.2, -0.15) is 5.10 Å². The molecule has 0 bridgehead atoms. The van der Waals surface area contributed by atoms with Crippen LogP contribution < -0.4 is 21.1 Å². The van der Waals surface area contributed by atoms with Crippen LogP contribution in [0.2, 0.25) is 5.02 Å². The van der Waals surface area contributed by atoms with Gasteiger partial charge >= 0.3 is 0 Å². The number of rotatable bonds is 8. The van der Waals surface area contributed by atoms with Crippen LogP contribution in [0, 0.1) is 0 Å². The molecular formula is C30H26ClN7O3. The molecule has 0 fully saturated rings. The second-order valence-corrected chi connectivity index (χ2v) is 10.3. The maximum absolute atomic E-state index is 14.2. The van der Waals surface area contributed by atoms with Crippen molar-refractivity contribution in [2.75, 3.05) is 18.5 Å². The Morgan fingerprint density at radius 3 is 2.76 bits per heavy atom. The van der Waals surface area contributed by atoms with Gasteiger partial charge in [0.25, 0.3) is 5.91 Å². The van der Waals surface area contributed by atoms with E-state index in [0.29, 0.717) is 48.4 Å². The number of ether oxygens (including phenoxy) is 1. The number of nitrogens with zero attached hydrogens (tertiary/aromatic N) is 4. The molecule has 4 heterocycles. The monoisotopic (exact) mass is 567 g/mol. The largest absolute Gasteiger partial charge is 0.493 e. The molecule has 1 aliphatic rings. The molecule has 0 saturated carbocycles. The van der Waals surface area contributed by atoms with Gasteiger partial charge in [0.1, 0.15) is 11.4 Å². The second kappa shape index (κ2) is 11.0. The summed E-state index contributed by atoms with van der Waals surface area (Å²) in [5.74, 6) is 0.408. The smallest absolute Gasteiger partial charge is 0.269 e. The zero-order valence-electron chi connectivity index (χ0n) is 21.9. The Hall–Kier alpha value is -4.80. The summed E-state index contributed by atoms with van der Waals surface area (Å²) in [5.41, 5.74) is 6.78. The third-order valence-electron chi connectivity index (χ3n) is 7.24. The van der Waals surface area contributed by atoms with Crippen LogP contribution in [0.25, 0.3) is 16.6 Å². The number of anilines is 1. The van der Waals surface area contributed by atoms with Crippen LogP contribution >= 0.6 is 11.6 Å². The van der Waals surface area contributed by atoms with Gasteiger partial charge in [-0.3, -0.25) is 14.6 Å². The summed E-state index contributed by atoms with van der Waals surface area (Å²) >= 11 is 6.40. The molecule has 206 valence electrons. The number of benzene rings is 2. The number of carbonyl (C=O) groups excluding carboxylic acids is 2. The van der Waals surface area contributed by atoms with Crippen molar-refractivity contribution < 1.29 is 14.3 Å². The summed E-state index contributed by atoms with van der Waals surface area (Å²) < 4.78 is 7.40. The summed E-state index contributed by atoms with van der Waals surface area (Å²) in [5, 5.41) is 13.1. The van der Waals surface area contributed by atoms with Crippen molar-refractivity contribution in [2.24, 2.45) is 5.73 Å². The maximum atomic E-state index is 14.2. The lowest BCUT2D eigenvalue weighted by Gasteiger charge is -2.38. The minimum atomic E-state index is -0.955. The van der Waals surface area contributed by atoms with Crippen LogP contribution in [0.5, 0.6) is 5.75 Å². The van der Waals surface area contributed by atoms with Crippen molar-refractivity contribution in [3.8, 4) is 11.6 Å². The molecule has 11 heteroatoms. The number of hydrogen-bond donors (Lipinski definition) is 3. The number of pyridine rings is 2. The standard InChI is InChI=1S/C30H26ClN7O3/c31-21-6-7-26-23(13-21)30(10-12-41-26,29(40)36-25-17-33-16-20-3-1-2-4-22(20)25)18-34-14-19-5-8-27(35-15-19)38-11-9-24(37-38)28(32)39/h1-9,11,13,15-17,34H,10,12,14,18H2,(H2,32,39)(H,36,40). The number of aromatic nitrogens is 4. The lowest BCUT2D eigenvalue weighted by atomic mass is 9.74. The van der Waals surface area contributed by atoms with E-state index in [1.165, 1.54) is 10.7 Å². The third-order valence-corrected chi connectivity index (χ3v) is 7.47. The maximum Gasteiger partial charge on any atom is 0.269 e. The molecule has 1 atom stereocenters. The highest BCUT2D eigenvalue weighted by Gasteiger charge is 2.44. The summed E-state index contributed by atoms with van der Waals surface area (Å²) in [6.07, 6.45) is 7.24. The average molecular weight is 568 g/mol. The Morgan fingerprint density at radius 2 is 1.95 bits per heavy atom. The van der Waals surface area contributed by atoms with Crippen molar-refractivity contribution in [3.05, 3.63) is 107 Å². The molecule has 10 nitrogen and oxygen atoms in total. The number of amides is 2. The van der Waals surface area contributed by atoms with E-state index in [4.69, 9.17) is 22.1 Å². The fraction of sp³-hybridized carbons (Fsp3) is 0.167. The Bertz CT molecular complexity index is 1750. The van der Waals surface area contributed by atoms with Crippen molar-refractivity contribution in [1.82, 2.24) is 25.1 Å². The number of nitrogens with one attached hydrogen (secondary N) is 2. The van der Waals surface area contributed by atoms with Gasteiger partial charge in [-0.1, -0.05) is 41.9 Å². The highest BCUT2D eigenvalue weighted by Crippen LogP contribution is 2.41. The van der Waals surface area contributed by atoms with Crippen LogP contribution in [0.1, 0.15) is 28.0 Å². The molecule has 1 unspecified atom stereocenters. The average Bonchev–Trinajstić information content (AvgIpc) is 3.49. The molecule has 6 rings (SSSR count). The number of hydrogen-bond acceptors (Lipinski definition) is 7. The van der Waals surface area contributed by atoms with Gasteiger partial charge in [-0.15, -0.1) is 0 Å². The van der Waals surface area contributed by atoms with Crippen molar-refractivity contribution in [2.45, 2.75) is 18.4 Å². The minimum Gasteiger partial charge on any atom is -0.493 e. The van der Waals surface area contributed by atoms with Crippen molar-refractivity contribution in [1.29, 1.82) is 0 Å². The predicted molar refractivity (Wildman–Crippen MR) is 155 cm³/mol. The van der Waals surface area contributed by atoms with Gasteiger partial charge in [-0.05, 0) is 35.9 Å². The first-order valence-electron chi connectivity index (χ1n) is 13.0. The van der Waals surface area contributed by atoms with Gasteiger partial charge in [0.15, 0.2) is 5.82 Å². The van der Waals surface area contributed by atoms with Gasteiger partial charge < -0.3 is 21.1 Å². The van der Waals surface area contributed by atoms with Gasteiger partial charge in [0.05, 0.1) is 23.9 Å². The molecule has 41 heavy (non-hydrogen) atoms. The van der Waals surface area contributed by atoms with Crippen LogP contribution in [-0.4, -0.2) is 44.7 Å². The van der Waals surface area contributed by atoms with E-state index in [9.17, 15) is 9.59 Å². The fourth-order valence-electron chi connectivity index (χ4n) is 5.09. The summed E-state index contributed by atoms with van der Waals surface area (Å²) in [4.78, 5) is 34.3. The molecule has 0 aliphatic carbocycles. The molecule has 0 spiro atoms. The quantitative estimate of drug-likeness (QED) is 0.257. The molecular weight excluding hydrogens is 542 g/mol. The highest BCUT2D eigenvalue weighted by molar-refractivity contribution is 6.30. The molecule has 0 radical (unpaired) electrons. The number of carbonyl (C=O) groups is 2. The Kier molecular flexibility index (Phi) is 7.08. The SMILES string of the molecule is NC(=O)c1ccn(-c2ccc(CNCC3(C(=O)Nc4cncc5ccccc45)CCOc4ccc(Cl)cc43)cn2)n1. The number of nitrogens with two attached hydrogens (primary N) is 1. The molecule has 3 aromatic heterocycles. The molecule has 2 aromatic carbocycles. The molecule has 0 saturated heterocycles. The molecule has 4 N–H and O–H groups in total. The number of primary amides is 1. The van der Waals surface area contributed by atoms with Gasteiger partial charge in [0, 0.05) is 59.5 Å². The minimum absolute atomic E-state index is 0.164. The van der Waals surface area contributed by atoms with E-state index in [0.717, 1.165) is 21.9 Å². The van der Waals surface area contributed by atoms with Crippen LogP contribution in [0.4, 0.5) is 5.69 Å². The van der Waals surface area contributed by atoms with Crippen LogP contribution in [-0.2, 0) is 16.8 Å². The summed E-state index contributed by atoms with van der Waals surface area (Å²) in [7, 11) is 0. The zero-order chi connectivity index (χ0) is 28.4. The number of fused-ring (bicyclic) bond motifs is 2. The second-order valence-electron chi connectivity index (χ2n) is 9.82. The normalized spacial score (nSPS) is 16.1. The lowest BCUT2D eigenvalue weighted by Crippen LogP contribution is -2.50. The van der Waals surface area contributed by atoms with Gasteiger partial charge in [0.2, 0.25) is 5.91 Å². The van der Waals surface area contributed by atoms with E-state index in [-0.39, 0.29) is 11.6 Å². The highest BCUT2D eigenvalue weighted by atomic mass is 35.5. The Labute approximate surface area is 240 Å². The van der Waals surface area contributed by atoms with Crippen LogP contribution in [0.3, 0.4) is 0 Å². The fourth-order valence-corrected chi connectivity index (χ4v) is 5.26. The Balaban J connectivity index is 1.25. The summed E-state index contributed by atoms with van der Waals surface area (Å²) in [6, 6.07) is 18.4. The van der Waals surface area contributed by atoms with E-state index >= 15 is 0 Å². The predicted octanol–water partition coefficient (Wildman–Crippen LogP) is 4.02. The third kappa shape index (κ3) is 5.22. The van der Waals surface area contributed by atoms with Crippen molar-refractivity contribution >= 4 is 39.9 Å². The van der Waals surface area contributed by atoms with Crippen LogP contribution in [0.15, 0.2) is 85.5 Å². The van der Waals surface area contributed by atoms with E-state index in [2.05, 4.69) is 25.7 Å². The first-order valence-corrected chi connectivity index (χ1v) is 13.4. The van der Waals surface area contributed by atoms with Crippen molar-refractivity contribution in [3.63, 3.8) is 0 Å². The first kappa shape index (κ1) is 26.4. The van der Waals surface area contributed by atoms with E-state index < -0.39 is 11.3 Å². The van der Waals surface area contributed by atoms with E-state index in [1.807, 2.05) is 30.3 Å². The molecule has 1 aliphatic heterocycles. The zero-order valence-corrected chi connectivity index (χ0v) is 22.6. The summed E-state index contributed by atoms with van der Waals surface area (Å²) in [6.45, 7) is 1.17. The Morgan fingerprint density at radius 1 is 1.07 bits per heavy atom. The molecule has 2 amide bonds.